The van der Waals surface area contributed by atoms with E-state index < -0.39 is 0 Å². The highest BCUT2D eigenvalue weighted by Gasteiger charge is 2.15. The molecule has 4 aromatic rings. The minimum absolute atomic E-state index is 0.191. The van der Waals surface area contributed by atoms with Crippen LogP contribution in [0.15, 0.2) is 42.7 Å². The van der Waals surface area contributed by atoms with Crippen LogP contribution in [0.4, 0.5) is 11.6 Å². The predicted octanol–water partition coefficient (Wildman–Crippen LogP) is 2.66. The molecule has 0 saturated heterocycles. The van der Waals surface area contributed by atoms with Crippen LogP contribution in [0.5, 0.6) is 0 Å². The Kier molecular flexibility index (Phi) is 3.35. The highest BCUT2D eigenvalue weighted by Crippen LogP contribution is 2.29. The molecule has 0 saturated carbocycles. The van der Waals surface area contributed by atoms with E-state index in [1.165, 1.54) is 0 Å². The van der Waals surface area contributed by atoms with Crippen molar-refractivity contribution in [1.29, 1.82) is 0 Å². The summed E-state index contributed by atoms with van der Waals surface area (Å²) < 4.78 is 1.98. The van der Waals surface area contributed by atoms with E-state index in [-0.39, 0.29) is 5.95 Å². The lowest BCUT2D eigenvalue weighted by Gasteiger charge is -2.12. The number of hydrogen-bond acceptors (Lipinski definition) is 6. The van der Waals surface area contributed by atoms with E-state index in [4.69, 9.17) is 11.5 Å². The predicted molar refractivity (Wildman–Crippen MR) is 98.2 cm³/mol. The van der Waals surface area contributed by atoms with Gasteiger partial charge in [0, 0.05) is 23.5 Å². The molecule has 0 fully saturated rings. The lowest BCUT2D eigenvalue weighted by molar-refractivity contribution is 0.978. The third kappa shape index (κ3) is 2.55. The number of benzene rings is 1. The van der Waals surface area contributed by atoms with Gasteiger partial charge in [-0.05, 0) is 43.7 Å². The van der Waals surface area contributed by atoms with E-state index in [2.05, 4.69) is 19.9 Å². The summed E-state index contributed by atoms with van der Waals surface area (Å²) in [7, 11) is 0. The summed E-state index contributed by atoms with van der Waals surface area (Å²) in [5.74, 6) is 1.98. The summed E-state index contributed by atoms with van der Waals surface area (Å²) in [6, 6.07) is 9.78. The number of fused-ring (bicyclic) bond motifs is 1. The molecule has 0 aliphatic rings. The number of hydrogen-bond donors (Lipinski definition) is 2. The molecule has 0 unspecified atom stereocenters. The van der Waals surface area contributed by atoms with Gasteiger partial charge in [0.15, 0.2) is 5.82 Å². The Bertz CT molecular complexity index is 1080. The fourth-order valence-corrected chi connectivity index (χ4v) is 2.92. The molecule has 0 aliphatic heterocycles. The van der Waals surface area contributed by atoms with Crippen molar-refractivity contribution in [3.8, 4) is 17.2 Å². The molecule has 1 aromatic carbocycles. The van der Waals surface area contributed by atoms with E-state index in [0.29, 0.717) is 11.6 Å². The Labute approximate surface area is 144 Å². The second-order valence-electron chi connectivity index (χ2n) is 5.91. The highest BCUT2D eigenvalue weighted by molar-refractivity contribution is 5.92. The molecule has 0 radical (unpaired) electrons. The van der Waals surface area contributed by atoms with Gasteiger partial charge in [0.05, 0.1) is 11.1 Å². The van der Waals surface area contributed by atoms with Crippen LogP contribution in [0.2, 0.25) is 0 Å². The van der Waals surface area contributed by atoms with Gasteiger partial charge in [-0.15, -0.1) is 0 Å². The zero-order chi connectivity index (χ0) is 17.6. The Morgan fingerprint density at radius 1 is 1.00 bits per heavy atom. The minimum Gasteiger partial charge on any atom is -0.398 e. The Balaban J connectivity index is 2.01. The molecule has 0 atom stereocenters. The van der Waals surface area contributed by atoms with Crippen molar-refractivity contribution in [1.82, 2.24) is 24.5 Å². The number of aryl methyl sites for hydroxylation is 2. The van der Waals surface area contributed by atoms with Crippen molar-refractivity contribution < 1.29 is 0 Å². The van der Waals surface area contributed by atoms with Crippen LogP contribution in [-0.4, -0.2) is 24.5 Å². The summed E-state index contributed by atoms with van der Waals surface area (Å²) >= 11 is 0. The van der Waals surface area contributed by atoms with Gasteiger partial charge in [0.2, 0.25) is 5.95 Å². The molecule has 124 valence electrons. The van der Waals surface area contributed by atoms with Gasteiger partial charge in [-0.2, -0.15) is 9.97 Å². The number of nitrogens with two attached hydrogens (primary N) is 2. The lowest BCUT2D eigenvalue weighted by atomic mass is 10.1. The first kappa shape index (κ1) is 15.1. The first-order valence-electron chi connectivity index (χ1n) is 7.84. The summed E-state index contributed by atoms with van der Waals surface area (Å²) in [6.45, 7) is 3.76. The van der Waals surface area contributed by atoms with Gasteiger partial charge in [-0.1, -0.05) is 6.07 Å². The smallest absolute Gasteiger partial charge is 0.223 e. The molecular weight excluding hydrogens is 314 g/mol. The van der Waals surface area contributed by atoms with Gasteiger partial charge in [-0.3, -0.25) is 0 Å². The second kappa shape index (κ2) is 5.55. The fourth-order valence-electron chi connectivity index (χ4n) is 2.92. The average Bonchev–Trinajstić information content (AvgIpc) is 2.99. The SMILES string of the molecule is Cc1cnc(-n2ccc3c(N)cccc32)c(-c2nc(C)nc(N)n2)c1. The molecule has 0 bridgehead atoms. The van der Waals surface area contributed by atoms with Crippen LogP contribution in [0.3, 0.4) is 0 Å². The molecular formula is C18H17N7. The molecule has 4 N–H and O–H groups in total. The molecule has 25 heavy (non-hydrogen) atoms. The molecule has 4 rings (SSSR count). The van der Waals surface area contributed by atoms with Gasteiger partial charge >= 0.3 is 0 Å². The van der Waals surface area contributed by atoms with Gasteiger partial charge in [-0.25, -0.2) is 9.97 Å². The Morgan fingerprint density at radius 2 is 1.84 bits per heavy atom. The van der Waals surface area contributed by atoms with E-state index in [1.54, 1.807) is 6.92 Å². The van der Waals surface area contributed by atoms with Gasteiger partial charge in [0.1, 0.15) is 11.6 Å². The molecule has 3 aromatic heterocycles. The van der Waals surface area contributed by atoms with Crippen molar-refractivity contribution in [3.63, 3.8) is 0 Å². The molecule has 3 heterocycles. The third-order valence-corrected chi connectivity index (χ3v) is 4.00. The number of aromatic nitrogens is 5. The molecule has 0 amide bonds. The first-order valence-corrected chi connectivity index (χ1v) is 7.84. The minimum atomic E-state index is 0.191. The van der Waals surface area contributed by atoms with Gasteiger partial charge < -0.3 is 16.0 Å². The zero-order valence-electron chi connectivity index (χ0n) is 13.9. The normalized spacial score (nSPS) is 11.1. The van der Waals surface area contributed by atoms with Gasteiger partial charge in [0.25, 0.3) is 0 Å². The molecule has 0 aliphatic carbocycles. The quantitative estimate of drug-likeness (QED) is 0.547. The molecule has 7 nitrogen and oxygen atoms in total. The maximum atomic E-state index is 6.08. The second-order valence-corrected chi connectivity index (χ2v) is 5.91. The summed E-state index contributed by atoms with van der Waals surface area (Å²) in [6.07, 6.45) is 3.76. The van der Waals surface area contributed by atoms with E-state index in [0.717, 1.165) is 33.5 Å². The summed E-state index contributed by atoms with van der Waals surface area (Å²) in [5, 5.41) is 0.974. The van der Waals surface area contributed by atoms with Crippen LogP contribution >= 0.6 is 0 Å². The van der Waals surface area contributed by atoms with E-state index in [9.17, 15) is 0 Å². The van der Waals surface area contributed by atoms with Crippen LogP contribution < -0.4 is 11.5 Å². The first-order chi connectivity index (χ1) is 12.0. The Hall–Kier alpha value is -3.48. The number of nitrogen functional groups attached to an aromatic ring is 2. The van der Waals surface area contributed by atoms with Crippen molar-refractivity contribution >= 4 is 22.5 Å². The van der Waals surface area contributed by atoms with Crippen LogP contribution in [-0.2, 0) is 0 Å². The number of rotatable bonds is 2. The number of pyridine rings is 1. The number of anilines is 2. The van der Waals surface area contributed by atoms with E-state index >= 15 is 0 Å². The molecule has 7 heteroatoms. The fraction of sp³-hybridized carbons (Fsp3) is 0.111. The lowest BCUT2D eigenvalue weighted by Crippen LogP contribution is -2.06. The van der Waals surface area contributed by atoms with Crippen molar-refractivity contribution in [2.45, 2.75) is 13.8 Å². The Morgan fingerprint density at radius 3 is 2.64 bits per heavy atom. The van der Waals surface area contributed by atoms with Crippen LogP contribution in [0, 0.1) is 13.8 Å². The summed E-state index contributed by atoms with van der Waals surface area (Å²) in [5.41, 5.74) is 15.4. The van der Waals surface area contributed by atoms with Crippen LogP contribution in [0.25, 0.3) is 28.1 Å². The van der Waals surface area contributed by atoms with Crippen LogP contribution in [0.1, 0.15) is 11.4 Å². The standard InChI is InChI=1S/C18H17N7/c1-10-8-13(16-22-11(2)23-18(20)24-16)17(21-9-10)25-7-6-12-14(19)4-3-5-15(12)25/h3-9H,19H2,1-2H3,(H2,20,22,23,24). The van der Waals surface area contributed by atoms with Crippen molar-refractivity contribution in [2.24, 2.45) is 0 Å². The zero-order valence-corrected chi connectivity index (χ0v) is 13.9. The maximum Gasteiger partial charge on any atom is 0.223 e. The average molecular weight is 331 g/mol. The number of nitrogens with zero attached hydrogens (tertiary/aromatic N) is 5. The van der Waals surface area contributed by atoms with Crippen molar-refractivity contribution in [2.75, 3.05) is 11.5 Å². The monoisotopic (exact) mass is 331 g/mol. The largest absolute Gasteiger partial charge is 0.398 e. The topological polar surface area (TPSA) is 109 Å². The highest BCUT2D eigenvalue weighted by atomic mass is 15.1. The van der Waals surface area contributed by atoms with Crippen molar-refractivity contribution in [3.05, 3.63) is 54.1 Å². The molecule has 0 spiro atoms. The third-order valence-electron chi connectivity index (χ3n) is 4.00. The van der Waals surface area contributed by atoms with E-state index in [1.807, 2.05) is 54.2 Å². The maximum absolute atomic E-state index is 6.08. The summed E-state index contributed by atoms with van der Waals surface area (Å²) in [4.78, 5) is 17.4.